The van der Waals surface area contributed by atoms with E-state index in [1.165, 1.54) is 0 Å². The Morgan fingerprint density at radius 1 is 1.44 bits per heavy atom. The highest BCUT2D eigenvalue weighted by Gasteiger charge is 2.60. The summed E-state index contributed by atoms with van der Waals surface area (Å²) in [5, 5.41) is 21.8. The quantitative estimate of drug-likeness (QED) is 0.744. The maximum atomic E-state index is 11.0. The van der Waals surface area contributed by atoms with E-state index in [1.54, 1.807) is 6.26 Å². The predicted octanol–water partition coefficient (Wildman–Crippen LogP) is 2.73. The van der Waals surface area contributed by atoms with Crippen LogP contribution in [0.1, 0.15) is 56.1 Å². The number of rotatable bonds is 0. The standard InChI is InChI=1S/C15H22O3/c1-9-8-18-11-7-15(17)6-4-5-10(2)14(15,3)13(16)12(9)11/h8,10,13,16-17H,4-7H2,1-3H3/t10-,13+,14-,15+/m0/s1. The highest BCUT2D eigenvalue weighted by atomic mass is 16.3. The first-order chi connectivity index (χ1) is 8.40. The lowest BCUT2D eigenvalue weighted by Crippen LogP contribution is -2.59. The van der Waals surface area contributed by atoms with Crippen molar-refractivity contribution in [2.45, 2.75) is 58.2 Å². The molecule has 2 aliphatic rings. The van der Waals surface area contributed by atoms with Crippen molar-refractivity contribution in [2.75, 3.05) is 0 Å². The summed E-state index contributed by atoms with van der Waals surface area (Å²) < 4.78 is 5.53. The third-order valence-electron chi connectivity index (χ3n) is 5.65. The normalized spacial score (nSPS) is 43.4. The van der Waals surface area contributed by atoms with Crippen molar-refractivity contribution >= 4 is 0 Å². The molecule has 1 saturated carbocycles. The van der Waals surface area contributed by atoms with Gasteiger partial charge in [0.1, 0.15) is 5.76 Å². The Labute approximate surface area is 108 Å². The largest absolute Gasteiger partial charge is 0.469 e. The van der Waals surface area contributed by atoms with Crippen LogP contribution in [0, 0.1) is 18.3 Å². The maximum absolute atomic E-state index is 11.0. The summed E-state index contributed by atoms with van der Waals surface area (Å²) in [7, 11) is 0. The van der Waals surface area contributed by atoms with Crippen LogP contribution in [0.2, 0.25) is 0 Å². The van der Waals surface area contributed by atoms with Gasteiger partial charge in [0.15, 0.2) is 0 Å². The fourth-order valence-corrected chi connectivity index (χ4v) is 4.11. The van der Waals surface area contributed by atoms with Crippen LogP contribution in [0.4, 0.5) is 0 Å². The van der Waals surface area contributed by atoms with E-state index in [0.717, 1.165) is 36.1 Å². The second kappa shape index (κ2) is 3.61. The van der Waals surface area contributed by atoms with Gasteiger partial charge in [0, 0.05) is 17.4 Å². The first-order valence-electron chi connectivity index (χ1n) is 6.87. The first-order valence-corrected chi connectivity index (χ1v) is 6.87. The van der Waals surface area contributed by atoms with Crippen LogP contribution in [0.15, 0.2) is 10.7 Å². The number of aryl methyl sites for hydroxylation is 1. The molecule has 0 saturated heterocycles. The van der Waals surface area contributed by atoms with Crippen molar-refractivity contribution in [3.8, 4) is 0 Å². The Morgan fingerprint density at radius 2 is 2.17 bits per heavy atom. The van der Waals surface area contributed by atoms with E-state index in [9.17, 15) is 10.2 Å². The molecule has 1 fully saturated rings. The van der Waals surface area contributed by atoms with E-state index in [2.05, 4.69) is 6.92 Å². The van der Waals surface area contributed by atoms with Gasteiger partial charge in [-0.3, -0.25) is 0 Å². The van der Waals surface area contributed by atoms with Gasteiger partial charge in [0.2, 0.25) is 0 Å². The highest BCUT2D eigenvalue weighted by Crippen LogP contribution is 2.59. The van der Waals surface area contributed by atoms with E-state index < -0.39 is 17.1 Å². The molecule has 0 radical (unpaired) electrons. The Kier molecular flexibility index (Phi) is 2.46. The molecular formula is C15H22O3. The van der Waals surface area contributed by atoms with Crippen molar-refractivity contribution in [3.63, 3.8) is 0 Å². The molecule has 0 amide bonds. The number of hydrogen-bond donors (Lipinski definition) is 2. The zero-order valence-corrected chi connectivity index (χ0v) is 11.4. The second-order valence-electron chi connectivity index (χ2n) is 6.44. The smallest absolute Gasteiger partial charge is 0.112 e. The van der Waals surface area contributed by atoms with E-state index in [-0.39, 0.29) is 0 Å². The molecule has 1 heterocycles. The topological polar surface area (TPSA) is 53.6 Å². The second-order valence-corrected chi connectivity index (χ2v) is 6.44. The van der Waals surface area contributed by atoms with Crippen LogP contribution in [0.5, 0.6) is 0 Å². The lowest BCUT2D eigenvalue weighted by molar-refractivity contribution is -0.196. The van der Waals surface area contributed by atoms with Gasteiger partial charge in [0.25, 0.3) is 0 Å². The van der Waals surface area contributed by atoms with Crippen LogP contribution in [0.25, 0.3) is 0 Å². The van der Waals surface area contributed by atoms with Gasteiger partial charge >= 0.3 is 0 Å². The summed E-state index contributed by atoms with van der Waals surface area (Å²) in [6, 6.07) is 0. The zero-order chi connectivity index (χ0) is 13.1. The summed E-state index contributed by atoms with van der Waals surface area (Å²) >= 11 is 0. The van der Waals surface area contributed by atoms with E-state index in [1.807, 2.05) is 13.8 Å². The summed E-state index contributed by atoms with van der Waals surface area (Å²) in [5.41, 5.74) is 0.614. The summed E-state index contributed by atoms with van der Waals surface area (Å²) in [4.78, 5) is 0. The Hall–Kier alpha value is -0.800. The Balaban J connectivity index is 2.17. The van der Waals surface area contributed by atoms with Crippen LogP contribution in [0.3, 0.4) is 0 Å². The molecule has 0 bridgehead atoms. The minimum Gasteiger partial charge on any atom is -0.469 e. The number of aliphatic hydroxyl groups is 2. The molecule has 0 aliphatic heterocycles. The molecule has 18 heavy (non-hydrogen) atoms. The van der Waals surface area contributed by atoms with Gasteiger partial charge in [-0.1, -0.05) is 20.3 Å². The van der Waals surface area contributed by atoms with Crippen molar-refractivity contribution < 1.29 is 14.6 Å². The zero-order valence-electron chi connectivity index (χ0n) is 11.4. The van der Waals surface area contributed by atoms with Crippen LogP contribution < -0.4 is 0 Å². The van der Waals surface area contributed by atoms with Crippen LogP contribution >= 0.6 is 0 Å². The molecule has 2 N–H and O–H groups in total. The molecule has 0 spiro atoms. The Bertz CT molecular complexity index is 478. The summed E-state index contributed by atoms with van der Waals surface area (Å²) in [5.74, 6) is 1.09. The molecule has 3 heteroatoms. The molecule has 2 aliphatic carbocycles. The average molecular weight is 250 g/mol. The molecule has 100 valence electrons. The molecule has 0 unspecified atom stereocenters. The Morgan fingerprint density at radius 3 is 2.89 bits per heavy atom. The van der Waals surface area contributed by atoms with Crippen molar-refractivity contribution in [3.05, 3.63) is 23.2 Å². The lowest BCUT2D eigenvalue weighted by atomic mass is 9.51. The van der Waals surface area contributed by atoms with Gasteiger partial charge < -0.3 is 14.6 Å². The van der Waals surface area contributed by atoms with Gasteiger partial charge in [-0.15, -0.1) is 0 Å². The number of fused-ring (bicyclic) bond motifs is 2. The minimum absolute atomic E-state index is 0.314. The fraction of sp³-hybridized carbons (Fsp3) is 0.733. The van der Waals surface area contributed by atoms with Crippen molar-refractivity contribution in [2.24, 2.45) is 11.3 Å². The molecule has 4 atom stereocenters. The molecular weight excluding hydrogens is 228 g/mol. The molecule has 0 aromatic carbocycles. The monoisotopic (exact) mass is 250 g/mol. The SMILES string of the molecule is Cc1coc2c1[C@@H](O)[C@]1(C)[C@@H](C)CCC[C@@]1(O)C2. The third-order valence-corrected chi connectivity index (χ3v) is 5.65. The highest BCUT2D eigenvalue weighted by molar-refractivity contribution is 5.37. The van der Waals surface area contributed by atoms with Crippen LogP contribution in [-0.2, 0) is 6.42 Å². The van der Waals surface area contributed by atoms with Crippen molar-refractivity contribution in [1.29, 1.82) is 0 Å². The average Bonchev–Trinajstić information content (AvgIpc) is 2.65. The lowest BCUT2D eigenvalue weighted by Gasteiger charge is -2.56. The van der Waals surface area contributed by atoms with E-state index in [4.69, 9.17) is 4.42 Å². The third kappa shape index (κ3) is 1.27. The summed E-state index contributed by atoms with van der Waals surface area (Å²) in [6.45, 7) is 6.15. The van der Waals surface area contributed by atoms with Crippen molar-refractivity contribution in [1.82, 2.24) is 0 Å². The number of furan rings is 1. The van der Waals surface area contributed by atoms with Gasteiger partial charge in [0.05, 0.1) is 18.0 Å². The predicted molar refractivity (Wildman–Crippen MR) is 68.2 cm³/mol. The number of aliphatic hydroxyl groups excluding tert-OH is 1. The van der Waals surface area contributed by atoms with Crippen LogP contribution in [-0.4, -0.2) is 15.8 Å². The molecule has 3 nitrogen and oxygen atoms in total. The maximum Gasteiger partial charge on any atom is 0.112 e. The number of hydrogen-bond acceptors (Lipinski definition) is 3. The molecule has 1 aromatic rings. The molecule has 1 aromatic heterocycles. The minimum atomic E-state index is -0.832. The van der Waals surface area contributed by atoms with E-state index in [0.29, 0.717) is 12.3 Å². The molecule has 3 rings (SSSR count). The first kappa shape index (κ1) is 12.2. The van der Waals surface area contributed by atoms with Gasteiger partial charge in [-0.05, 0) is 31.2 Å². The van der Waals surface area contributed by atoms with E-state index >= 15 is 0 Å². The fourth-order valence-electron chi connectivity index (χ4n) is 4.11. The summed E-state index contributed by atoms with van der Waals surface area (Å²) in [6.07, 6.45) is 4.46. The van der Waals surface area contributed by atoms with Gasteiger partial charge in [-0.2, -0.15) is 0 Å². The van der Waals surface area contributed by atoms with Gasteiger partial charge in [-0.25, -0.2) is 0 Å².